The van der Waals surface area contributed by atoms with E-state index in [0.29, 0.717) is 18.2 Å². The fraction of sp³-hybridized carbons (Fsp3) is 0.786. The van der Waals surface area contributed by atoms with Gasteiger partial charge in [-0.15, -0.1) is 0 Å². The van der Waals surface area contributed by atoms with Crippen molar-refractivity contribution in [1.29, 1.82) is 0 Å². The number of carboxylic acid groups (broad SMARTS) is 1. The lowest BCUT2D eigenvalue weighted by molar-refractivity contribution is -0.139. The molecule has 2 aliphatic rings. The maximum absolute atomic E-state index is 11.3. The zero-order valence-electron chi connectivity index (χ0n) is 12.0. The van der Waals surface area contributed by atoms with Gasteiger partial charge in [0.2, 0.25) is 0 Å². The van der Waals surface area contributed by atoms with Crippen molar-refractivity contribution in [1.82, 2.24) is 19.7 Å². The number of aliphatic carboxylic acids is 1. The first-order valence-electron chi connectivity index (χ1n) is 7.58. The Hall–Kier alpha value is -1.43. The van der Waals surface area contributed by atoms with Crippen molar-refractivity contribution in [2.24, 2.45) is 0 Å². The van der Waals surface area contributed by atoms with E-state index in [1.165, 1.54) is 0 Å². The minimum Gasteiger partial charge on any atom is -0.481 e. The van der Waals surface area contributed by atoms with Crippen LogP contribution in [0.5, 0.6) is 0 Å². The van der Waals surface area contributed by atoms with Crippen LogP contribution in [0, 0.1) is 0 Å². The summed E-state index contributed by atoms with van der Waals surface area (Å²) in [6, 6.07) is 0. The number of nitrogens with zero attached hydrogens (tertiary/aromatic N) is 4. The van der Waals surface area contributed by atoms with Gasteiger partial charge in [0, 0.05) is 12.5 Å². The van der Waals surface area contributed by atoms with Crippen LogP contribution < -0.4 is 0 Å². The van der Waals surface area contributed by atoms with Crippen LogP contribution >= 0.6 is 0 Å². The van der Waals surface area contributed by atoms with Crippen molar-refractivity contribution in [3.05, 3.63) is 11.6 Å². The molecule has 1 fully saturated rings. The second-order valence-electron chi connectivity index (χ2n) is 5.79. The van der Waals surface area contributed by atoms with Crippen LogP contribution in [-0.2, 0) is 11.3 Å². The number of piperidine rings is 1. The number of carbonyl (C=O) groups is 1. The number of carboxylic acids is 1. The Bertz CT molecular complexity index is 491. The van der Waals surface area contributed by atoms with E-state index in [4.69, 9.17) is 0 Å². The molecule has 0 aromatic carbocycles. The summed E-state index contributed by atoms with van der Waals surface area (Å²) < 4.78 is 1.82. The van der Waals surface area contributed by atoms with E-state index in [0.717, 1.165) is 51.3 Å². The van der Waals surface area contributed by atoms with Crippen LogP contribution in [0.25, 0.3) is 0 Å². The Balaban J connectivity index is 1.78. The van der Waals surface area contributed by atoms with Gasteiger partial charge in [-0.1, -0.05) is 6.92 Å². The predicted molar refractivity (Wildman–Crippen MR) is 73.7 cm³/mol. The third kappa shape index (κ3) is 2.44. The van der Waals surface area contributed by atoms with E-state index in [1.807, 2.05) is 4.68 Å². The lowest BCUT2D eigenvalue weighted by Crippen LogP contribution is -2.32. The number of hydrogen-bond acceptors (Lipinski definition) is 4. The quantitative estimate of drug-likeness (QED) is 0.906. The SMILES string of the molecule is CCN1CCC(c2nc3n(n2)CCCC3C(=O)O)CC1. The molecule has 0 amide bonds. The van der Waals surface area contributed by atoms with Gasteiger partial charge >= 0.3 is 5.97 Å². The molecule has 1 aromatic heterocycles. The van der Waals surface area contributed by atoms with Gasteiger partial charge in [0.15, 0.2) is 5.82 Å². The molecule has 2 aliphatic heterocycles. The maximum atomic E-state index is 11.3. The second kappa shape index (κ2) is 5.52. The first-order chi connectivity index (χ1) is 9.69. The Morgan fingerprint density at radius 1 is 1.30 bits per heavy atom. The monoisotopic (exact) mass is 278 g/mol. The molecular weight excluding hydrogens is 256 g/mol. The number of fused-ring (bicyclic) bond motifs is 1. The first-order valence-corrected chi connectivity index (χ1v) is 7.58. The molecule has 1 unspecified atom stereocenters. The minimum absolute atomic E-state index is 0.394. The number of rotatable bonds is 3. The lowest BCUT2D eigenvalue weighted by atomic mass is 9.96. The molecule has 20 heavy (non-hydrogen) atoms. The fourth-order valence-electron chi connectivity index (χ4n) is 3.28. The normalized spacial score (nSPS) is 24.6. The first kappa shape index (κ1) is 13.5. The third-order valence-corrected chi connectivity index (χ3v) is 4.59. The van der Waals surface area contributed by atoms with E-state index in [9.17, 15) is 9.90 Å². The average Bonchev–Trinajstić information content (AvgIpc) is 2.90. The third-order valence-electron chi connectivity index (χ3n) is 4.59. The van der Waals surface area contributed by atoms with Crippen LogP contribution in [0.3, 0.4) is 0 Å². The van der Waals surface area contributed by atoms with Gasteiger partial charge in [0.1, 0.15) is 11.7 Å². The fourth-order valence-corrected chi connectivity index (χ4v) is 3.28. The molecule has 1 N–H and O–H groups in total. The van der Waals surface area contributed by atoms with Crippen molar-refractivity contribution in [2.45, 2.75) is 51.0 Å². The molecule has 6 heteroatoms. The van der Waals surface area contributed by atoms with E-state index in [2.05, 4.69) is 21.9 Å². The predicted octanol–water partition coefficient (Wildman–Crippen LogP) is 1.44. The van der Waals surface area contributed by atoms with Crippen LogP contribution in [-0.4, -0.2) is 50.4 Å². The average molecular weight is 278 g/mol. The van der Waals surface area contributed by atoms with Crippen LogP contribution in [0.15, 0.2) is 0 Å². The Kier molecular flexibility index (Phi) is 3.74. The number of aryl methyl sites for hydroxylation is 1. The van der Waals surface area contributed by atoms with Crippen LogP contribution in [0.2, 0.25) is 0 Å². The molecule has 1 saturated heterocycles. The summed E-state index contributed by atoms with van der Waals surface area (Å²) >= 11 is 0. The minimum atomic E-state index is -0.772. The van der Waals surface area contributed by atoms with Crippen LogP contribution in [0.1, 0.15) is 56.1 Å². The maximum Gasteiger partial charge on any atom is 0.314 e. The molecule has 0 spiro atoms. The summed E-state index contributed by atoms with van der Waals surface area (Å²) in [5, 5.41) is 13.9. The van der Waals surface area contributed by atoms with Gasteiger partial charge in [-0.3, -0.25) is 4.79 Å². The van der Waals surface area contributed by atoms with Crippen molar-refractivity contribution in [3.8, 4) is 0 Å². The zero-order valence-corrected chi connectivity index (χ0v) is 12.0. The smallest absolute Gasteiger partial charge is 0.314 e. The largest absolute Gasteiger partial charge is 0.481 e. The number of likely N-dealkylation sites (tertiary alicyclic amines) is 1. The molecule has 1 atom stereocenters. The van der Waals surface area contributed by atoms with Gasteiger partial charge < -0.3 is 10.0 Å². The van der Waals surface area contributed by atoms with Crippen molar-refractivity contribution < 1.29 is 9.90 Å². The van der Waals surface area contributed by atoms with Crippen LogP contribution in [0.4, 0.5) is 0 Å². The molecule has 1 aromatic rings. The van der Waals surface area contributed by atoms with E-state index in [-0.39, 0.29) is 0 Å². The van der Waals surface area contributed by atoms with Gasteiger partial charge in [0.25, 0.3) is 0 Å². The zero-order chi connectivity index (χ0) is 14.1. The Labute approximate surface area is 118 Å². The van der Waals surface area contributed by atoms with Gasteiger partial charge in [-0.05, 0) is 45.3 Å². The van der Waals surface area contributed by atoms with Crippen molar-refractivity contribution in [3.63, 3.8) is 0 Å². The summed E-state index contributed by atoms with van der Waals surface area (Å²) in [5.41, 5.74) is 0. The number of hydrogen-bond donors (Lipinski definition) is 1. The van der Waals surface area contributed by atoms with Crippen molar-refractivity contribution in [2.75, 3.05) is 19.6 Å². The van der Waals surface area contributed by atoms with E-state index in [1.54, 1.807) is 0 Å². The number of aromatic nitrogens is 3. The molecule has 110 valence electrons. The lowest BCUT2D eigenvalue weighted by Gasteiger charge is -2.29. The highest BCUT2D eigenvalue weighted by Gasteiger charge is 2.32. The summed E-state index contributed by atoms with van der Waals surface area (Å²) in [7, 11) is 0. The van der Waals surface area contributed by atoms with Crippen molar-refractivity contribution >= 4 is 5.97 Å². The van der Waals surface area contributed by atoms with Gasteiger partial charge in [0.05, 0.1) is 0 Å². The highest BCUT2D eigenvalue weighted by Crippen LogP contribution is 2.30. The molecule has 6 nitrogen and oxygen atoms in total. The van der Waals surface area contributed by atoms with E-state index < -0.39 is 11.9 Å². The molecule has 0 radical (unpaired) electrons. The Morgan fingerprint density at radius 3 is 2.70 bits per heavy atom. The van der Waals surface area contributed by atoms with E-state index >= 15 is 0 Å². The molecular formula is C14H22N4O2. The summed E-state index contributed by atoms with van der Waals surface area (Å²) in [6.45, 7) is 6.27. The summed E-state index contributed by atoms with van der Waals surface area (Å²) in [6.07, 6.45) is 3.72. The highest BCUT2D eigenvalue weighted by molar-refractivity contribution is 5.75. The topological polar surface area (TPSA) is 71.2 Å². The van der Waals surface area contributed by atoms with Gasteiger partial charge in [-0.25, -0.2) is 9.67 Å². The molecule has 0 saturated carbocycles. The second-order valence-corrected chi connectivity index (χ2v) is 5.79. The molecule has 0 bridgehead atoms. The highest BCUT2D eigenvalue weighted by atomic mass is 16.4. The molecule has 3 heterocycles. The molecule has 3 rings (SSSR count). The summed E-state index contributed by atoms with van der Waals surface area (Å²) in [4.78, 5) is 18.3. The molecule has 0 aliphatic carbocycles. The standard InChI is InChI=1S/C14H22N4O2/c1-2-17-8-5-10(6-9-17)12-15-13-11(14(19)20)4-3-7-18(13)16-12/h10-11H,2-9H2,1H3,(H,19,20). The summed E-state index contributed by atoms with van der Waals surface area (Å²) in [5.74, 6) is 0.678. The Morgan fingerprint density at radius 2 is 2.05 bits per heavy atom. The van der Waals surface area contributed by atoms with Gasteiger partial charge in [-0.2, -0.15) is 5.10 Å².